The first-order valence-electron chi connectivity index (χ1n) is 16.0. The van der Waals surface area contributed by atoms with Gasteiger partial charge in [0.25, 0.3) is 6.47 Å². The van der Waals surface area contributed by atoms with Crippen LogP contribution in [0.1, 0.15) is 80.7 Å². The molecule has 0 saturated carbocycles. The average molecular weight is 667 g/mol. The lowest BCUT2D eigenvalue weighted by atomic mass is 9.99. The summed E-state index contributed by atoms with van der Waals surface area (Å²) in [6.07, 6.45) is -0.149. The maximum atomic E-state index is 12.7. The zero-order chi connectivity index (χ0) is 36.4. The third-order valence-corrected chi connectivity index (χ3v) is 5.83. The SMILES string of the molecule is CC.CC(C)(C)COC=O.CCC(=O)NCCC(=O)N[C@H](C(=O)NC(C)C(=O)Nc1ccc(COC(=O)NCCNC)cc1)C(C)C. The number of likely N-dealkylation sites (N-methyl/N-ethyl adjacent to an activating group) is 1. The summed E-state index contributed by atoms with van der Waals surface area (Å²) < 4.78 is 9.64. The lowest BCUT2D eigenvalue weighted by molar-refractivity contribution is -0.132. The summed E-state index contributed by atoms with van der Waals surface area (Å²) in [6.45, 7) is 19.2. The Balaban J connectivity index is 0. The predicted molar refractivity (Wildman–Crippen MR) is 182 cm³/mol. The fraction of sp³-hybridized carbons (Fsp3) is 0.636. The molecule has 0 aliphatic heterocycles. The number of carbonyl (C=O) groups is 6. The van der Waals surface area contributed by atoms with E-state index >= 15 is 0 Å². The monoisotopic (exact) mass is 666 g/mol. The molecule has 0 radical (unpaired) electrons. The van der Waals surface area contributed by atoms with Crippen molar-refractivity contribution in [1.82, 2.24) is 26.6 Å². The largest absolute Gasteiger partial charge is 0.467 e. The van der Waals surface area contributed by atoms with Crippen LogP contribution in [0, 0.1) is 11.3 Å². The van der Waals surface area contributed by atoms with E-state index in [1.54, 1.807) is 59.0 Å². The van der Waals surface area contributed by atoms with Crippen molar-refractivity contribution in [3.63, 3.8) is 0 Å². The van der Waals surface area contributed by atoms with E-state index in [9.17, 15) is 28.8 Å². The van der Waals surface area contributed by atoms with E-state index in [0.717, 1.165) is 5.56 Å². The summed E-state index contributed by atoms with van der Waals surface area (Å²) in [7, 11) is 1.78. The van der Waals surface area contributed by atoms with Crippen LogP contribution in [0.4, 0.5) is 10.5 Å². The second-order valence-electron chi connectivity index (χ2n) is 11.7. The summed E-state index contributed by atoms with van der Waals surface area (Å²) in [6, 6.07) is 5.06. The molecule has 14 heteroatoms. The first kappa shape index (κ1) is 44.9. The second-order valence-corrected chi connectivity index (χ2v) is 11.7. The molecule has 5 amide bonds. The van der Waals surface area contributed by atoms with Crippen LogP contribution in [-0.2, 0) is 40.1 Å². The molecule has 2 atom stereocenters. The Kier molecular flexibility index (Phi) is 24.8. The minimum Gasteiger partial charge on any atom is -0.467 e. The van der Waals surface area contributed by atoms with Crippen LogP contribution >= 0.6 is 0 Å². The number of benzene rings is 1. The molecule has 1 aromatic rings. The normalized spacial score (nSPS) is 11.6. The highest BCUT2D eigenvalue weighted by Crippen LogP contribution is 2.12. The summed E-state index contributed by atoms with van der Waals surface area (Å²) in [4.78, 5) is 70.1. The molecule has 0 aromatic heterocycles. The van der Waals surface area contributed by atoms with Gasteiger partial charge in [-0.1, -0.05) is 67.5 Å². The van der Waals surface area contributed by atoms with Gasteiger partial charge in [0.2, 0.25) is 23.6 Å². The van der Waals surface area contributed by atoms with Gasteiger partial charge in [-0.15, -0.1) is 0 Å². The summed E-state index contributed by atoms with van der Waals surface area (Å²) in [5, 5.41) is 16.1. The first-order valence-corrected chi connectivity index (χ1v) is 16.0. The Morgan fingerprint density at radius 1 is 0.851 bits per heavy atom. The maximum absolute atomic E-state index is 12.7. The van der Waals surface area contributed by atoms with Crippen LogP contribution in [0.25, 0.3) is 0 Å². The van der Waals surface area contributed by atoms with Gasteiger partial charge in [-0.05, 0) is 43.0 Å². The topological polar surface area (TPSA) is 193 Å². The van der Waals surface area contributed by atoms with E-state index in [2.05, 4.69) is 36.6 Å². The first-order chi connectivity index (χ1) is 22.1. The van der Waals surface area contributed by atoms with E-state index in [1.165, 1.54) is 0 Å². The van der Waals surface area contributed by atoms with Crippen molar-refractivity contribution in [3.8, 4) is 0 Å². The lowest BCUT2D eigenvalue weighted by Crippen LogP contribution is -2.54. The molecule has 1 aromatic carbocycles. The number of anilines is 1. The smallest absolute Gasteiger partial charge is 0.407 e. The maximum Gasteiger partial charge on any atom is 0.407 e. The van der Waals surface area contributed by atoms with Crippen molar-refractivity contribution in [2.75, 3.05) is 38.6 Å². The highest BCUT2D eigenvalue weighted by Gasteiger charge is 2.27. The van der Waals surface area contributed by atoms with Gasteiger partial charge < -0.3 is 41.4 Å². The lowest BCUT2D eigenvalue weighted by Gasteiger charge is -2.24. The van der Waals surface area contributed by atoms with Crippen molar-refractivity contribution >= 4 is 41.9 Å². The van der Waals surface area contributed by atoms with Crippen LogP contribution in [0.5, 0.6) is 0 Å². The Hall–Kier alpha value is -4.20. The molecule has 268 valence electrons. The molecule has 14 nitrogen and oxygen atoms in total. The number of ether oxygens (including phenoxy) is 2. The number of carbonyl (C=O) groups excluding carboxylic acids is 6. The van der Waals surface area contributed by atoms with Gasteiger partial charge in [0.15, 0.2) is 0 Å². The van der Waals surface area contributed by atoms with Crippen LogP contribution in [0.15, 0.2) is 24.3 Å². The standard InChI is InChI=1S/C25H40N6O6.C6H12O2.C2H6/c1-6-20(32)27-12-11-21(33)31-22(16(2)3)24(35)29-17(4)23(34)30-19-9-7-18(8-10-19)15-37-25(36)28-14-13-26-5;1-6(2,3)4-8-5-7;1-2/h7-10,16-17,22,26H,6,11-15H2,1-5H3,(H,27,32)(H,28,36)(H,29,35)(H,30,34)(H,31,33);5H,4H2,1-3H3;1-2H3/t17?,22-;;/m0../s1. The van der Waals surface area contributed by atoms with Crippen LogP contribution < -0.4 is 31.9 Å². The third kappa shape index (κ3) is 23.8. The minimum absolute atomic E-state index is 0.0420. The van der Waals surface area contributed by atoms with E-state index in [4.69, 9.17) is 4.74 Å². The Bertz CT molecular complexity index is 1070. The van der Waals surface area contributed by atoms with Gasteiger partial charge >= 0.3 is 6.09 Å². The average Bonchev–Trinajstić information content (AvgIpc) is 3.02. The summed E-state index contributed by atoms with van der Waals surface area (Å²) in [5.41, 5.74) is 1.35. The Morgan fingerprint density at radius 2 is 1.47 bits per heavy atom. The molecule has 0 bridgehead atoms. The van der Waals surface area contributed by atoms with Gasteiger partial charge in [0.05, 0.1) is 6.61 Å². The summed E-state index contributed by atoms with van der Waals surface area (Å²) >= 11 is 0. The van der Waals surface area contributed by atoms with E-state index in [1.807, 2.05) is 34.6 Å². The van der Waals surface area contributed by atoms with Gasteiger partial charge in [-0.3, -0.25) is 24.0 Å². The Morgan fingerprint density at radius 3 is 1.96 bits per heavy atom. The van der Waals surface area contributed by atoms with Crippen LogP contribution in [-0.4, -0.2) is 81.6 Å². The molecule has 0 heterocycles. The number of amides is 5. The quantitative estimate of drug-likeness (QED) is 0.107. The van der Waals surface area contributed by atoms with Crippen LogP contribution in [0.3, 0.4) is 0 Å². The second kappa shape index (κ2) is 25.9. The third-order valence-electron chi connectivity index (χ3n) is 5.83. The van der Waals surface area contributed by atoms with Crippen molar-refractivity contribution in [2.24, 2.45) is 11.3 Å². The number of hydrogen-bond acceptors (Lipinski definition) is 9. The number of nitrogens with one attached hydrogen (secondary N) is 6. The zero-order valence-corrected chi connectivity index (χ0v) is 29.8. The molecule has 0 aliphatic carbocycles. The van der Waals surface area contributed by atoms with Crippen LogP contribution in [0.2, 0.25) is 0 Å². The van der Waals surface area contributed by atoms with Gasteiger partial charge in [0.1, 0.15) is 18.7 Å². The molecule has 0 saturated heterocycles. The molecule has 0 aliphatic rings. The molecule has 1 unspecified atom stereocenters. The number of rotatable bonds is 17. The fourth-order valence-electron chi connectivity index (χ4n) is 3.30. The van der Waals surface area contributed by atoms with E-state index in [-0.39, 0.29) is 42.7 Å². The van der Waals surface area contributed by atoms with Gasteiger partial charge in [-0.25, -0.2) is 4.79 Å². The van der Waals surface area contributed by atoms with Gasteiger partial charge in [0, 0.05) is 38.2 Å². The molecule has 6 N–H and O–H groups in total. The van der Waals surface area contributed by atoms with Crippen molar-refractivity contribution < 1.29 is 38.2 Å². The highest BCUT2D eigenvalue weighted by atomic mass is 16.5. The predicted octanol–water partition coefficient (Wildman–Crippen LogP) is 2.86. The molecular weight excluding hydrogens is 608 g/mol. The number of hydrogen-bond donors (Lipinski definition) is 6. The van der Waals surface area contributed by atoms with Gasteiger partial charge in [-0.2, -0.15) is 0 Å². The van der Waals surface area contributed by atoms with Crippen molar-refractivity contribution in [3.05, 3.63) is 29.8 Å². The fourth-order valence-corrected chi connectivity index (χ4v) is 3.30. The molecule has 0 spiro atoms. The molecule has 1 rings (SSSR count). The minimum atomic E-state index is -0.862. The molecule has 47 heavy (non-hydrogen) atoms. The molecule has 0 fully saturated rings. The zero-order valence-electron chi connectivity index (χ0n) is 29.8. The summed E-state index contributed by atoms with van der Waals surface area (Å²) in [5.74, 6) is -1.66. The van der Waals surface area contributed by atoms with E-state index < -0.39 is 30.0 Å². The van der Waals surface area contributed by atoms with Crippen molar-refractivity contribution in [1.29, 1.82) is 0 Å². The number of alkyl carbamates (subject to hydrolysis) is 1. The molecular formula is C33H58N6O8. The van der Waals surface area contributed by atoms with E-state index in [0.29, 0.717) is 38.3 Å². The Labute approximate surface area is 280 Å². The van der Waals surface area contributed by atoms with Crippen molar-refractivity contribution in [2.45, 2.75) is 93.8 Å². The highest BCUT2D eigenvalue weighted by molar-refractivity contribution is 5.98.